The molecule has 0 nitrogen and oxygen atoms in total. The van der Waals surface area contributed by atoms with Crippen LogP contribution in [0.1, 0.15) is 36.8 Å². The molecule has 0 aromatic heterocycles. The van der Waals surface area contributed by atoms with Gasteiger partial charge in [0.15, 0.2) is 0 Å². The van der Waals surface area contributed by atoms with E-state index in [0.29, 0.717) is 0 Å². The molecule has 2 aromatic carbocycles. The van der Waals surface area contributed by atoms with Gasteiger partial charge in [-0.1, -0.05) is 221 Å². The summed E-state index contributed by atoms with van der Waals surface area (Å²) in [6.07, 6.45) is 24.9. The van der Waals surface area contributed by atoms with E-state index < -0.39 is 80.7 Å². The van der Waals surface area contributed by atoms with E-state index in [4.69, 9.17) is 0 Å². The molecule has 0 heterocycles. The molecule has 0 unspecified atom stereocenters. The van der Waals surface area contributed by atoms with E-state index in [1.54, 1.807) is 41.6 Å². The number of benzene rings is 2. The Kier molecular flexibility index (Phi) is 28.2. The van der Waals surface area contributed by atoms with Crippen LogP contribution in [0.2, 0.25) is 196 Å². The molecule has 75 heavy (non-hydrogen) atoms. The van der Waals surface area contributed by atoms with E-state index in [2.05, 4.69) is 247 Å². The fraction of sp³-hybridized carbons (Fsp3) is 0.531. The number of allylic oxidation sites excluding steroid dienone is 16. The van der Waals surface area contributed by atoms with Gasteiger partial charge in [-0.2, -0.15) is 70.0 Å². The van der Waals surface area contributed by atoms with Crippen LogP contribution in [-0.4, -0.2) is 80.7 Å². The Balaban J connectivity index is 0.000000896. The Morgan fingerprint density at radius 3 is 0.653 bits per heavy atom. The molecule has 0 saturated heterocycles. The van der Waals surface area contributed by atoms with Crippen molar-refractivity contribution in [3.63, 3.8) is 0 Å². The molecule has 0 saturated carbocycles. The average molecular weight is 1210 g/mol. The third-order valence-corrected chi connectivity index (χ3v) is 34.9. The third-order valence-electron chi connectivity index (χ3n) is 13.7. The molecule has 4 aliphatic rings. The molecule has 0 aliphatic heterocycles. The van der Waals surface area contributed by atoms with Gasteiger partial charge < -0.3 is 0 Å². The monoisotopic (exact) mass is 1210 g/mol. The SMILES string of the molecule is C[Si](C)(C)C1=[C-]C([Si](C)(C)C)=C([Si](C)(C)C)C1.C[Si](C)(C)C1=[C-]C([Si](C)(C)C)=C([Si](C)(C)C)C1.C[Si](C)(C)C1=[C-]C([Si](C)(C)C)=CC1.C[Si](C)(C)C1=[C-]C([Si](C)(C)C)=CC1.[CH2-]c1ccccc1.[CH2-]c1ccccc1.[Ti]. The number of hydrogen-bond acceptors (Lipinski definition) is 0. The van der Waals surface area contributed by atoms with Crippen LogP contribution in [0.25, 0.3) is 0 Å². The summed E-state index contributed by atoms with van der Waals surface area (Å²) in [5, 5.41) is 16.6. The molecule has 0 fully saturated rings. The maximum atomic E-state index is 3.88. The van der Waals surface area contributed by atoms with Gasteiger partial charge in [0.25, 0.3) is 0 Å². The molecule has 6 rings (SSSR count). The smallest absolute Gasteiger partial charge is 0.0518 e. The fourth-order valence-corrected chi connectivity index (χ4v) is 27.2. The minimum Gasteiger partial charge on any atom is -0.258 e. The van der Waals surface area contributed by atoms with Crippen LogP contribution in [0.4, 0.5) is 0 Å². The quantitative estimate of drug-likeness (QED) is 0.164. The maximum Gasteiger partial charge on any atom is 0.0518 e. The molecule has 11 heteroatoms. The van der Waals surface area contributed by atoms with Crippen LogP contribution in [0, 0.1) is 38.2 Å². The first-order valence-corrected chi connectivity index (χ1v) is 63.0. The Morgan fingerprint density at radius 1 is 0.293 bits per heavy atom. The summed E-state index contributed by atoms with van der Waals surface area (Å²) in [6, 6.07) is 19.7. The molecule has 2 aromatic rings. The molecule has 0 bridgehead atoms. The zero-order valence-electron chi connectivity index (χ0n) is 54.7. The second-order valence-electron chi connectivity index (χ2n) is 31.6. The predicted octanol–water partition coefficient (Wildman–Crippen LogP) is 21.4. The van der Waals surface area contributed by atoms with Crippen molar-refractivity contribution in [2.24, 2.45) is 0 Å². The maximum absolute atomic E-state index is 3.88. The van der Waals surface area contributed by atoms with Crippen LogP contribution in [0.15, 0.2) is 125 Å². The Hall–Kier alpha value is -1.02. The van der Waals surface area contributed by atoms with E-state index in [1.807, 2.05) is 71.1 Å². The summed E-state index contributed by atoms with van der Waals surface area (Å²) in [4.78, 5) is 0. The standard InChI is InChI=1S/2C14H29Si3.2C11H21Si2.2C7H7.Ti/c2*1-15(2,3)12-10-13(16(4,5)6)14(11-12)17(7,8)9;2*1-12(2,3)10-7-8-11(9-10)13(4,5)6;2*1-7-5-3-2-4-6-7;/h2*10H2,1-9H3;2*7H,8H2,1-6H3;2*2-6H,1H2;/q6*-1;. The minimum absolute atomic E-state index is 0. The molecule has 0 N–H and O–H groups in total. The largest absolute Gasteiger partial charge is 0.258 e. The Morgan fingerprint density at radius 2 is 0.533 bits per heavy atom. The molecular weight excluding hydrogens is 1100 g/mol. The predicted molar refractivity (Wildman–Crippen MR) is 371 cm³/mol. The summed E-state index contributed by atoms with van der Waals surface area (Å²) in [6.45, 7) is 80.9. The van der Waals surface area contributed by atoms with Gasteiger partial charge in [0, 0.05) is 54.0 Å². The number of rotatable bonds is 10. The topological polar surface area (TPSA) is 0 Å². The molecule has 0 amide bonds. The summed E-state index contributed by atoms with van der Waals surface area (Å²) < 4.78 is 0. The molecular formula is C64H114Si10Ti-6. The van der Waals surface area contributed by atoms with E-state index in [-0.39, 0.29) is 21.7 Å². The van der Waals surface area contributed by atoms with Crippen molar-refractivity contribution in [2.45, 2.75) is 222 Å². The molecule has 420 valence electrons. The summed E-state index contributed by atoms with van der Waals surface area (Å²) in [7, 11) is -11.4. The van der Waals surface area contributed by atoms with Gasteiger partial charge in [0.1, 0.15) is 0 Å². The van der Waals surface area contributed by atoms with Crippen LogP contribution < -0.4 is 0 Å². The van der Waals surface area contributed by atoms with Gasteiger partial charge in [-0.05, 0) is 16.1 Å². The summed E-state index contributed by atoms with van der Waals surface area (Å²) in [5.41, 5.74) is 2.14. The average Bonchev–Trinajstić information content (AvgIpc) is 4.03. The molecule has 0 atom stereocenters. The van der Waals surface area contributed by atoms with Crippen molar-refractivity contribution < 1.29 is 21.7 Å². The third kappa shape index (κ3) is 26.9. The van der Waals surface area contributed by atoms with E-state index in [0.717, 1.165) is 11.1 Å². The van der Waals surface area contributed by atoms with Crippen LogP contribution in [0.5, 0.6) is 0 Å². The Labute approximate surface area is 494 Å². The van der Waals surface area contributed by atoms with Crippen molar-refractivity contribution in [1.82, 2.24) is 0 Å². The first-order chi connectivity index (χ1) is 32.9. The molecule has 0 radical (unpaired) electrons. The zero-order valence-corrected chi connectivity index (χ0v) is 66.2. The van der Waals surface area contributed by atoms with Crippen LogP contribution in [0.3, 0.4) is 0 Å². The fourth-order valence-electron chi connectivity index (χ4n) is 8.41. The second kappa shape index (κ2) is 28.6. The van der Waals surface area contributed by atoms with Crippen molar-refractivity contribution in [3.8, 4) is 0 Å². The molecule has 4 aliphatic carbocycles. The van der Waals surface area contributed by atoms with Crippen molar-refractivity contribution in [3.05, 3.63) is 174 Å². The van der Waals surface area contributed by atoms with Crippen molar-refractivity contribution in [2.75, 3.05) is 0 Å². The van der Waals surface area contributed by atoms with E-state index in [9.17, 15) is 0 Å². The second-order valence-corrected chi connectivity index (χ2v) is 82.3. The summed E-state index contributed by atoms with van der Waals surface area (Å²) >= 11 is 0. The number of hydrogen-bond donors (Lipinski definition) is 0. The molecule has 0 spiro atoms. The van der Waals surface area contributed by atoms with Gasteiger partial charge in [-0.3, -0.25) is 24.3 Å². The van der Waals surface area contributed by atoms with Gasteiger partial charge in [0.2, 0.25) is 0 Å². The van der Waals surface area contributed by atoms with Gasteiger partial charge in [-0.15, -0.1) is 37.1 Å². The van der Waals surface area contributed by atoms with Crippen LogP contribution >= 0.6 is 0 Å². The van der Waals surface area contributed by atoms with Crippen LogP contribution in [-0.2, 0) is 21.7 Å². The van der Waals surface area contributed by atoms with E-state index >= 15 is 0 Å². The Bertz CT molecular complexity index is 2220. The van der Waals surface area contributed by atoms with E-state index in [1.165, 1.54) is 25.7 Å². The zero-order chi connectivity index (χ0) is 58.1. The first kappa shape index (κ1) is 74.0. The van der Waals surface area contributed by atoms with Crippen molar-refractivity contribution in [1.29, 1.82) is 0 Å². The van der Waals surface area contributed by atoms with Gasteiger partial charge in [0.05, 0.1) is 32.3 Å². The van der Waals surface area contributed by atoms with Gasteiger partial charge >= 0.3 is 0 Å². The summed E-state index contributed by atoms with van der Waals surface area (Å²) in [5.74, 6) is 0. The van der Waals surface area contributed by atoms with Crippen molar-refractivity contribution >= 4 is 80.7 Å². The normalized spacial score (nSPS) is 16.6. The first-order valence-electron chi connectivity index (χ1n) is 28.0. The minimum atomic E-state index is -1.21. The van der Waals surface area contributed by atoms with Gasteiger partial charge in [-0.25, -0.2) is 43.3 Å².